The third-order valence-electron chi connectivity index (χ3n) is 20.0. The van der Waals surface area contributed by atoms with E-state index in [1.165, 1.54) is 59.5 Å². The summed E-state index contributed by atoms with van der Waals surface area (Å²) in [5.41, 5.74) is 29.0. The lowest BCUT2D eigenvalue weighted by Crippen LogP contribution is -2.60. The van der Waals surface area contributed by atoms with Crippen molar-refractivity contribution in [2.24, 2.45) is 22.9 Å². The number of carbonyl (C=O) groups excluding carboxylic acids is 1. The van der Waals surface area contributed by atoms with E-state index < -0.39 is 138 Å². The highest BCUT2D eigenvalue weighted by Gasteiger charge is 2.53. The van der Waals surface area contributed by atoms with Crippen LogP contribution in [0.1, 0.15) is 49.8 Å². The Balaban J connectivity index is 0.000000341. The molecular formula is C67H104BN25O35P4-3. The molecule has 60 nitrogen and oxygen atoms in total. The van der Waals surface area contributed by atoms with Crippen molar-refractivity contribution in [3.8, 4) is 5.97 Å². The summed E-state index contributed by atoms with van der Waals surface area (Å²) < 4.78 is 154. The number of rotatable bonds is 53. The number of alkyl carbamates (subject to hydrolysis) is 1. The minimum absolute atomic E-state index is 0.000693. The molecule has 5 aliphatic rings. The normalized spacial score (nSPS) is 25.0. The van der Waals surface area contributed by atoms with Crippen LogP contribution in [0.3, 0.4) is 0 Å². The summed E-state index contributed by atoms with van der Waals surface area (Å²) in [7, 11) is -15.9. The molecule has 10 heterocycles. The summed E-state index contributed by atoms with van der Waals surface area (Å²) >= 11 is 0. The first kappa shape index (κ1) is 106. The number of anilines is 3. The van der Waals surface area contributed by atoms with E-state index in [9.17, 15) is 68.2 Å². The lowest BCUT2D eigenvalue weighted by molar-refractivity contribution is -0.392. The fraction of sp³-hybridized carbons (Fsp3) is 0.716. The second kappa shape index (κ2) is 52.4. The van der Waals surface area contributed by atoms with Gasteiger partial charge in [0.2, 0.25) is 0 Å². The molecule has 1 radical (unpaired) electrons. The number of ether oxygens (including phenoxy) is 11. The van der Waals surface area contributed by atoms with Gasteiger partial charge in [-0.25, -0.2) is 64.2 Å². The van der Waals surface area contributed by atoms with Crippen molar-refractivity contribution in [3.63, 3.8) is 0 Å². The number of aliphatic hydroxyl groups excluding tert-OH is 5. The quantitative estimate of drug-likeness (QED) is 0.00446. The number of morpholine rings is 2. The van der Waals surface area contributed by atoms with Gasteiger partial charge in [-0.1, -0.05) is 17.2 Å². The maximum Gasteiger partial charge on any atom is 0.472 e. The van der Waals surface area contributed by atoms with Gasteiger partial charge < -0.3 is 147 Å². The predicted octanol–water partition coefficient (Wildman–Crippen LogP) is -3.28. The summed E-state index contributed by atoms with van der Waals surface area (Å²) in [6.45, 7) is 3.80. The lowest BCUT2D eigenvalue weighted by atomic mass is 9.86. The number of aliphatic hydroxyl groups is 5. The highest BCUT2D eigenvalue weighted by molar-refractivity contribution is 7.47. The molecule has 0 spiro atoms. The van der Waals surface area contributed by atoms with Gasteiger partial charge in [0, 0.05) is 32.2 Å². The van der Waals surface area contributed by atoms with Gasteiger partial charge in [0.25, 0.3) is 30.7 Å². The molecule has 0 bridgehead atoms. The number of nitriles is 1. The van der Waals surface area contributed by atoms with Crippen molar-refractivity contribution >= 4 is 95.6 Å². The third kappa shape index (κ3) is 30.5. The Labute approximate surface area is 751 Å². The van der Waals surface area contributed by atoms with Crippen LogP contribution in [0.15, 0.2) is 43.1 Å². The van der Waals surface area contributed by atoms with Gasteiger partial charge in [-0.15, -0.1) is 15.2 Å². The smallest absolute Gasteiger partial charge is 0.472 e. The van der Waals surface area contributed by atoms with Crippen molar-refractivity contribution < 1.29 is 166 Å². The number of aryl methyl sites for hydroxylation is 1. The maximum absolute atomic E-state index is 12.7. The van der Waals surface area contributed by atoms with Crippen molar-refractivity contribution in [1.82, 2.24) is 89.0 Å². The Hall–Kier alpha value is -8.00. The number of phosphoric ester groups is 4. The first-order valence-electron chi connectivity index (χ1n) is 40.8. The standard InChI is InChI=1S/C46H72N15O24P3.C19H32N9O11P.C2H3BN/c1-3-79-88(70,71)85-37-32(83-44(36(37)62)58-25-54-34-38(47)50-23-52-40(34)58)21-82-87(68,69)80-19-17-73-10-8-49-46(65)77-20-29-27-4-6-30-31(7-5-28(27)29)60(57-56-30)9-11-74-12-13-75-14-15-76-16-18-78-61-42(63)33(22-81-86(66,67)72-2)84-45(43(61)64)59-26-55-35-39(48)51-24-53-41(35)59;1-33-40(31,32)38-10-13-17(29)28(37-9-8-36-7-6-35-5-4-34-3-2-25-26-21)18(30)19(39-13)27-12-24-14-15(20)22-11-23-16(14)27;1-3-2-4/h23-29,32-33,36-37,42-45,62-64H,3-22H2,1-2H3,(H,49,65)(H,66,67)(H,68,69)(H,70,71)(H2,47,50,52)(H2,48,51,53);11-13,17-19,29-30H,2-10H2,1H3,(H,31,32)(H2,20,22,23);1H3/p-3/t27?,28?,29?,32-,33+,36?,37+,42?,43?,44-,45?;13-,17?,18?,19?;/m01./s1. The molecule has 14 unspecified atom stereocenters. The topological polar surface area (TPSA) is 800 Å². The molecule has 12 rings (SSSR count). The molecule has 2 aliphatic carbocycles. The Morgan fingerprint density at radius 3 is 1.49 bits per heavy atom. The first-order chi connectivity index (χ1) is 63.5. The maximum atomic E-state index is 12.7. The third-order valence-corrected chi connectivity index (χ3v) is 23.9. The number of carbonyl (C=O) groups is 1. The van der Waals surface area contributed by atoms with Crippen LogP contribution < -0.4 is 37.2 Å². The van der Waals surface area contributed by atoms with Gasteiger partial charge in [0.1, 0.15) is 66.1 Å². The van der Waals surface area contributed by atoms with Gasteiger partial charge in [-0.05, 0) is 61.9 Å². The number of fused-ring (bicyclic) bond motifs is 5. The molecular weight excluding hydrogens is 1850 g/mol. The zero-order valence-corrected chi connectivity index (χ0v) is 75.2. The number of nitrogens with one attached hydrogen (secondary N) is 1. The molecule has 4 fully saturated rings. The lowest BCUT2D eigenvalue weighted by Gasteiger charge is -2.44. The average Bonchev–Trinajstić information content (AvgIpc) is 1.62. The molecule has 65 heteroatoms. The van der Waals surface area contributed by atoms with Crippen molar-refractivity contribution in [2.75, 3.05) is 190 Å². The molecule has 7 aromatic heterocycles. The average molecular weight is 1950 g/mol. The van der Waals surface area contributed by atoms with Gasteiger partial charge in [-0.2, -0.15) is 0 Å². The minimum Gasteiger partial charge on any atom is -0.756 e. The van der Waals surface area contributed by atoms with Crippen LogP contribution in [0.25, 0.3) is 43.9 Å². The van der Waals surface area contributed by atoms with Crippen LogP contribution in [0.4, 0.5) is 22.2 Å². The van der Waals surface area contributed by atoms with Gasteiger partial charge in [0.05, 0.1) is 182 Å². The number of aromatic nitrogens is 15. The molecule has 733 valence electrons. The number of nitrogens with two attached hydrogens (primary N) is 3. The summed E-state index contributed by atoms with van der Waals surface area (Å²) in [5, 5.41) is 79.2. The summed E-state index contributed by atoms with van der Waals surface area (Å²) in [6.07, 6.45) is -8.08. The summed E-state index contributed by atoms with van der Waals surface area (Å²) in [4.78, 5) is 109. The zero-order chi connectivity index (χ0) is 95.0. The number of hydroxylamine groups is 4. The Morgan fingerprint density at radius 2 is 1.02 bits per heavy atom. The predicted molar refractivity (Wildman–Crippen MR) is 437 cm³/mol. The van der Waals surface area contributed by atoms with Crippen LogP contribution in [-0.4, -0.2) is 356 Å². The van der Waals surface area contributed by atoms with E-state index in [4.69, 9.17) is 117 Å². The number of azide groups is 1. The number of amides is 1. The van der Waals surface area contributed by atoms with E-state index in [0.29, 0.717) is 51.4 Å². The van der Waals surface area contributed by atoms with Gasteiger partial charge in [0.15, 0.2) is 78.0 Å². The molecule has 1 saturated carbocycles. The zero-order valence-electron chi connectivity index (χ0n) is 71.6. The second-order valence-electron chi connectivity index (χ2n) is 28.3. The Bertz CT molecular complexity index is 5040. The number of hydrogen-bond acceptors (Lipinski definition) is 52. The largest absolute Gasteiger partial charge is 0.756 e. The van der Waals surface area contributed by atoms with Crippen LogP contribution in [0.2, 0.25) is 6.82 Å². The fourth-order valence-corrected chi connectivity index (χ4v) is 16.2. The van der Waals surface area contributed by atoms with Crippen molar-refractivity contribution in [3.05, 3.63) is 59.8 Å². The number of nitrogen functional groups attached to an aromatic ring is 3. The van der Waals surface area contributed by atoms with Crippen LogP contribution in [0, 0.1) is 29.0 Å². The molecule has 132 heavy (non-hydrogen) atoms. The fourth-order valence-electron chi connectivity index (χ4n) is 13.7. The number of phosphoric acid groups is 4. The van der Waals surface area contributed by atoms with Crippen molar-refractivity contribution in [1.29, 1.82) is 5.26 Å². The van der Waals surface area contributed by atoms with Crippen LogP contribution >= 0.6 is 31.3 Å². The minimum atomic E-state index is -5.03. The summed E-state index contributed by atoms with van der Waals surface area (Å²) in [6, 6.07) is 0. The number of hydrogen-bond donors (Lipinski definition) is 10. The van der Waals surface area contributed by atoms with Gasteiger partial charge >= 0.3 is 13.9 Å². The monoisotopic (exact) mass is 1950 g/mol. The van der Waals surface area contributed by atoms with Crippen LogP contribution in [-0.2, 0) is 136 Å². The van der Waals surface area contributed by atoms with E-state index in [2.05, 4.69) is 79.6 Å². The van der Waals surface area contributed by atoms with Crippen LogP contribution in [0.5, 0.6) is 0 Å². The van der Waals surface area contributed by atoms with E-state index in [0.717, 1.165) is 67.7 Å². The Kier molecular flexibility index (Phi) is 42.1. The first-order valence-corrected chi connectivity index (χ1v) is 46.7. The highest BCUT2D eigenvalue weighted by atomic mass is 31.2. The SMILES string of the molecule is CCOP(=O)(O)O[C@H]1C(O)[C@@H](n2cnc3c(N)ncnc32)O[C@H]1COP(=O)([O-])OCCOCCNC(=O)OCC1C2CCc3nnn(CCOCCOCCOCCON4C(O)C(n5cnc6c(N)ncnc65)O[C@H](COP(=O)([O-])OC)C4O)c3CCC21.COP(=O)([O-])OC[C@H]1OC(n2cnc3c(N)ncnc32)C(O)N(OCCOCCOCCOCCN=[N+]=[N-])C1O.C[B]C#N. The van der Waals surface area contributed by atoms with E-state index in [1.54, 1.807) is 12.8 Å². The molecule has 13 N–H and O–H groups in total. The molecule has 0 aromatic carbocycles. The number of nitrogens with zero attached hydrogens (tertiary/aromatic N) is 21. The van der Waals surface area contributed by atoms with E-state index >= 15 is 0 Å². The molecule has 7 aromatic rings. The molecule has 1 amide bonds. The van der Waals surface area contributed by atoms with E-state index in [1.807, 2.05) is 4.68 Å². The highest BCUT2D eigenvalue weighted by Crippen LogP contribution is 2.54. The van der Waals surface area contributed by atoms with Crippen molar-refractivity contribution in [2.45, 2.75) is 120 Å². The number of imidazole rings is 3. The second-order valence-corrected chi connectivity index (χ2v) is 34.2. The Morgan fingerprint density at radius 1 is 0.583 bits per heavy atom. The molecule has 3 aliphatic heterocycles. The molecule has 19 atom stereocenters. The van der Waals surface area contributed by atoms with Gasteiger partial charge in [-0.3, -0.25) is 46.1 Å². The van der Waals surface area contributed by atoms with E-state index in [-0.39, 0.29) is 156 Å². The molecule has 3 saturated heterocycles. The summed E-state index contributed by atoms with van der Waals surface area (Å²) in [5.74, 6) is 2.96.